The molecular weight excluding hydrogens is 180 g/mol. The van der Waals surface area contributed by atoms with Crippen LogP contribution in [0.3, 0.4) is 0 Å². The molecule has 0 aliphatic rings. The van der Waals surface area contributed by atoms with E-state index >= 15 is 0 Å². The number of fused-ring (bicyclic) bond motifs is 1. The molecule has 0 saturated carbocycles. The first-order chi connectivity index (χ1) is 6.81. The lowest BCUT2D eigenvalue weighted by Gasteiger charge is -2.00. The highest BCUT2D eigenvalue weighted by Gasteiger charge is 2.04. The zero-order chi connectivity index (χ0) is 9.97. The van der Waals surface area contributed by atoms with Crippen LogP contribution in [0.4, 0.5) is 0 Å². The maximum atomic E-state index is 11.2. The van der Waals surface area contributed by atoms with E-state index in [0.717, 1.165) is 10.9 Å². The van der Waals surface area contributed by atoms with Gasteiger partial charge in [-0.2, -0.15) is 0 Å². The van der Waals surface area contributed by atoms with E-state index in [2.05, 4.69) is 15.4 Å². The molecule has 0 radical (unpaired) electrons. The number of benzene rings is 1. The molecule has 0 spiro atoms. The fourth-order valence-electron chi connectivity index (χ4n) is 1.20. The number of amides is 1. The first-order valence-corrected chi connectivity index (χ1v) is 4.02. The minimum Gasteiger partial charge on any atom is -0.290 e. The van der Waals surface area contributed by atoms with E-state index in [1.54, 1.807) is 24.4 Å². The molecule has 0 bridgehead atoms. The van der Waals surface area contributed by atoms with E-state index in [1.165, 1.54) is 6.33 Å². The van der Waals surface area contributed by atoms with Gasteiger partial charge in [-0.25, -0.2) is 15.8 Å². The molecule has 0 fully saturated rings. The molecule has 1 aromatic carbocycles. The van der Waals surface area contributed by atoms with Crippen LogP contribution >= 0.6 is 0 Å². The van der Waals surface area contributed by atoms with Gasteiger partial charge in [0.05, 0.1) is 5.52 Å². The average Bonchev–Trinajstić information content (AvgIpc) is 2.27. The van der Waals surface area contributed by atoms with Crippen molar-refractivity contribution >= 4 is 16.8 Å². The van der Waals surface area contributed by atoms with Crippen LogP contribution in [0.15, 0.2) is 30.7 Å². The van der Waals surface area contributed by atoms with Crippen molar-refractivity contribution in [1.29, 1.82) is 0 Å². The fraction of sp³-hybridized carbons (Fsp3) is 0. The molecule has 0 atom stereocenters. The van der Waals surface area contributed by atoms with Crippen molar-refractivity contribution in [3.8, 4) is 0 Å². The van der Waals surface area contributed by atoms with Crippen LogP contribution in [0.25, 0.3) is 10.9 Å². The topological polar surface area (TPSA) is 80.9 Å². The Bertz CT molecular complexity index is 483. The van der Waals surface area contributed by atoms with Crippen LogP contribution in [0, 0.1) is 0 Å². The van der Waals surface area contributed by atoms with E-state index in [4.69, 9.17) is 5.84 Å². The van der Waals surface area contributed by atoms with Crippen LogP contribution in [0.2, 0.25) is 0 Å². The van der Waals surface area contributed by atoms with Crippen molar-refractivity contribution in [1.82, 2.24) is 15.4 Å². The molecule has 1 heterocycles. The third kappa shape index (κ3) is 1.40. The van der Waals surface area contributed by atoms with Gasteiger partial charge in [-0.3, -0.25) is 10.2 Å². The number of nitrogens with two attached hydrogens (primary N) is 1. The largest absolute Gasteiger partial charge is 0.290 e. The highest BCUT2D eigenvalue weighted by atomic mass is 16.2. The van der Waals surface area contributed by atoms with E-state index in [9.17, 15) is 4.79 Å². The Labute approximate surface area is 79.9 Å². The molecule has 0 aliphatic carbocycles. The summed E-state index contributed by atoms with van der Waals surface area (Å²) in [5.74, 6) is 4.69. The second kappa shape index (κ2) is 3.39. The Morgan fingerprint density at radius 2 is 2.29 bits per heavy atom. The summed E-state index contributed by atoms with van der Waals surface area (Å²) in [5.41, 5.74) is 3.27. The zero-order valence-corrected chi connectivity index (χ0v) is 7.27. The molecule has 1 aromatic heterocycles. The molecule has 5 nitrogen and oxygen atoms in total. The van der Waals surface area contributed by atoms with Gasteiger partial charge in [-0.05, 0) is 12.1 Å². The number of nitrogen functional groups attached to an aromatic ring is 1. The second-order valence-corrected chi connectivity index (χ2v) is 2.77. The summed E-state index contributed by atoms with van der Waals surface area (Å²) >= 11 is 0. The number of aromatic nitrogens is 2. The Balaban J connectivity index is 2.56. The number of rotatable bonds is 1. The van der Waals surface area contributed by atoms with Gasteiger partial charge in [0, 0.05) is 17.1 Å². The predicted molar refractivity (Wildman–Crippen MR) is 51.2 cm³/mol. The van der Waals surface area contributed by atoms with Gasteiger partial charge in [-0.1, -0.05) is 6.07 Å². The van der Waals surface area contributed by atoms with E-state index in [1.807, 2.05) is 0 Å². The molecule has 5 heteroatoms. The molecule has 2 rings (SSSR count). The van der Waals surface area contributed by atoms with E-state index in [0.29, 0.717) is 5.56 Å². The summed E-state index contributed by atoms with van der Waals surface area (Å²) in [6.07, 6.45) is 3.12. The molecule has 3 N–H and O–H groups in total. The van der Waals surface area contributed by atoms with Crippen LogP contribution < -0.4 is 11.3 Å². The Morgan fingerprint density at radius 3 is 3.07 bits per heavy atom. The molecule has 70 valence electrons. The van der Waals surface area contributed by atoms with Gasteiger partial charge in [-0.15, -0.1) is 0 Å². The van der Waals surface area contributed by atoms with Crippen molar-refractivity contribution in [3.63, 3.8) is 0 Å². The van der Waals surface area contributed by atoms with Gasteiger partial charge in [0.15, 0.2) is 0 Å². The van der Waals surface area contributed by atoms with Gasteiger partial charge < -0.3 is 0 Å². The summed E-state index contributed by atoms with van der Waals surface area (Å²) in [4.78, 5) is 19.1. The SMILES string of the molecule is NNC(=O)c1ccc2cncnc2c1. The standard InChI is InChI=1S/C9H8N4O/c10-13-9(14)6-1-2-7-4-11-5-12-8(7)3-6/h1-5H,10H2,(H,13,14). The van der Waals surface area contributed by atoms with E-state index < -0.39 is 0 Å². The summed E-state index contributed by atoms with van der Waals surface area (Å²) in [7, 11) is 0. The number of carbonyl (C=O) groups is 1. The summed E-state index contributed by atoms with van der Waals surface area (Å²) in [6.45, 7) is 0. The van der Waals surface area contributed by atoms with Crippen molar-refractivity contribution in [2.75, 3.05) is 0 Å². The summed E-state index contributed by atoms with van der Waals surface area (Å²) in [6, 6.07) is 5.12. The number of hydrogen-bond donors (Lipinski definition) is 2. The Morgan fingerprint density at radius 1 is 1.43 bits per heavy atom. The van der Waals surface area contributed by atoms with Crippen LogP contribution in [0.5, 0.6) is 0 Å². The molecule has 0 saturated heterocycles. The smallest absolute Gasteiger partial charge is 0.265 e. The molecule has 1 amide bonds. The minimum absolute atomic E-state index is 0.328. The molecular formula is C9H8N4O. The Hall–Kier alpha value is -2.01. The summed E-state index contributed by atoms with van der Waals surface area (Å²) < 4.78 is 0. The van der Waals surface area contributed by atoms with Crippen molar-refractivity contribution in [2.24, 2.45) is 5.84 Å². The number of carbonyl (C=O) groups excluding carboxylic acids is 1. The number of nitrogens with zero attached hydrogens (tertiary/aromatic N) is 2. The monoisotopic (exact) mass is 188 g/mol. The molecule has 0 aliphatic heterocycles. The molecule has 2 aromatic rings. The van der Waals surface area contributed by atoms with Crippen LogP contribution in [0.1, 0.15) is 10.4 Å². The third-order valence-electron chi connectivity index (χ3n) is 1.90. The number of hydrogen-bond acceptors (Lipinski definition) is 4. The average molecular weight is 188 g/mol. The Kier molecular flexibility index (Phi) is 2.08. The number of nitrogens with one attached hydrogen (secondary N) is 1. The van der Waals surface area contributed by atoms with E-state index in [-0.39, 0.29) is 5.91 Å². The first-order valence-electron chi connectivity index (χ1n) is 4.02. The maximum absolute atomic E-state index is 11.2. The van der Waals surface area contributed by atoms with Crippen molar-refractivity contribution < 1.29 is 4.79 Å². The van der Waals surface area contributed by atoms with Gasteiger partial charge in [0.1, 0.15) is 6.33 Å². The quantitative estimate of drug-likeness (QED) is 0.381. The number of hydrazine groups is 1. The van der Waals surface area contributed by atoms with Crippen molar-refractivity contribution in [2.45, 2.75) is 0 Å². The first kappa shape index (κ1) is 8.58. The normalized spacial score (nSPS) is 10.1. The predicted octanol–water partition coefficient (Wildman–Crippen LogP) is 0.233. The lowest BCUT2D eigenvalue weighted by molar-refractivity contribution is 0.0954. The van der Waals surface area contributed by atoms with Crippen LogP contribution in [-0.2, 0) is 0 Å². The zero-order valence-electron chi connectivity index (χ0n) is 7.27. The highest BCUT2D eigenvalue weighted by molar-refractivity contribution is 5.97. The molecule has 0 unspecified atom stereocenters. The summed E-state index contributed by atoms with van der Waals surface area (Å²) in [5, 5.41) is 0.890. The molecule has 14 heavy (non-hydrogen) atoms. The lowest BCUT2D eigenvalue weighted by atomic mass is 10.1. The highest BCUT2D eigenvalue weighted by Crippen LogP contribution is 2.11. The van der Waals surface area contributed by atoms with Crippen molar-refractivity contribution in [3.05, 3.63) is 36.3 Å². The van der Waals surface area contributed by atoms with Gasteiger partial charge in [0.25, 0.3) is 5.91 Å². The second-order valence-electron chi connectivity index (χ2n) is 2.77. The lowest BCUT2D eigenvalue weighted by Crippen LogP contribution is -2.29. The third-order valence-corrected chi connectivity index (χ3v) is 1.90. The maximum Gasteiger partial charge on any atom is 0.265 e. The van der Waals surface area contributed by atoms with Gasteiger partial charge >= 0.3 is 0 Å². The fourth-order valence-corrected chi connectivity index (χ4v) is 1.20. The van der Waals surface area contributed by atoms with Crippen LogP contribution in [-0.4, -0.2) is 15.9 Å². The van der Waals surface area contributed by atoms with Gasteiger partial charge in [0.2, 0.25) is 0 Å². The minimum atomic E-state index is -0.328.